The summed E-state index contributed by atoms with van der Waals surface area (Å²) >= 11 is 5.92. The monoisotopic (exact) mass is 475 g/mol. The zero-order valence-electron chi connectivity index (χ0n) is 18.4. The number of halogens is 1. The normalized spacial score (nSPS) is 19.1. The maximum absolute atomic E-state index is 13.4. The van der Waals surface area contributed by atoms with Gasteiger partial charge in [-0.25, -0.2) is 13.4 Å². The zero-order chi connectivity index (χ0) is 22.8. The molecule has 1 amide bonds. The van der Waals surface area contributed by atoms with Gasteiger partial charge in [-0.15, -0.1) is 0 Å². The summed E-state index contributed by atoms with van der Waals surface area (Å²) in [5.74, 6) is 1.27. The molecule has 0 atom stereocenters. The smallest absolute Gasteiger partial charge is 0.242 e. The van der Waals surface area contributed by atoms with Gasteiger partial charge in [0.2, 0.25) is 5.91 Å². The molecule has 2 aromatic rings. The number of rotatable bonds is 6. The van der Waals surface area contributed by atoms with Gasteiger partial charge in [0.15, 0.2) is 14.6 Å². The molecule has 1 aromatic heterocycles. The third-order valence-electron chi connectivity index (χ3n) is 6.83. The van der Waals surface area contributed by atoms with Crippen LogP contribution in [0.5, 0.6) is 0 Å². The Balaban J connectivity index is 1.45. The van der Waals surface area contributed by atoms with Crippen molar-refractivity contribution >= 4 is 33.2 Å². The molecule has 1 aliphatic heterocycles. The highest BCUT2D eigenvalue weighted by Gasteiger charge is 2.52. The highest BCUT2D eigenvalue weighted by atomic mass is 35.5. The van der Waals surface area contributed by atoms with Crippen molar-refractivity contribution < 1.29 is 13.2 Å². The average molecular weight is 476 g/mol. The fraction of sp³-hybridized carbons (Fsp3) is 0.500. The molecule has 4 rings (SSSR count). The number of carbonyl (C=O) groups excluding carboxylic acids is 1. The largest absolute Gasteiger partial charge is 0.357 e. The van der Waals surface area contributed by atoms with E-state index in [0.29, 0.717) is 30.7 Å². The van der Waals surface area contributed by atoms with Crippen molar-refractivity contribution in [2.45, 2.75) is 61.6 Å². The molecule has 0 bridgehead atoms. The third-order valence-corrected chi connectivity index (χ3v) is 9.60. The molecule has 1 N–H and O–H groups in total. The second kappa shape index (κ2) is 9.40. The van der Waals surface area contributed by atoms with Gasteiger partial charge in [0.05, 0.1) is 4.90 Å². The van der Waals surface area contributed by atoms with Crippen molar-refractivity contribution in [3.05, 3.63) is 53.2 Å². The molecular weight excluding hydrogens is 446 g/mol. The van der Waals surface area contributed by atoms with Crippen molar-refractivity contribution in [3.8, 4) is 0 Å². The van der Waals surface area contributed by atoms with Gasteiger partial charge in [-0.2, -0.15) is 0 Å². The summed E-state index contributed by atoms with van der Waals surface area (Å²) in [4.78, 5) is 20.2. The highest BCUT2D eigenvalue weighted by Crippen LogP contribution is 2.41. The van der Waals surface area contributed by atoms with Crippen LogP contribution >= 0.6 is 11.6 Å². The number of carbonyl (C=O) groups is 1. The van der Waals surface area contributed by atoms with E-state index >= 15 is 0 Å². The molecule has 0 radical (unpaired) electrons. The van der Waals surface area contributed by atoms with E-state index in [1.165, 1.54) is 25.0 Å². The first-order valence-electron chi connectivity index (χ1n) is 11.3. The minimum absolute atomic E-state index is 0.140. The Kier molecular flexibility index (Phi) is 6.77. The van der Waals surface area contributed by atoms with Gasteiger partial charge in [0, 0.05) is 30.9 Å². The molecular formula is C24H30ClN3O3S. The summed E-state index contributed by atoms with van der Waals surface area (Å²) < 4.78 is 25.5. The number of anilines is 1. The van der Waals surface area contributed by atoms with Gasteiger partial charge in [-0.1, -0.05) is 37.4 Å². The number of amides is 1. The predicted molar refractivity (Wildman–Crippen MR) is 127 cm³/mol. The van der Waals surface area contributed by atoms with Crippen molar-refractivity contribution in [3.63, 3.8) is 0 Å². The SMILES string of the molecule is CC1CCN(c2ccc(CNC(=O)C3(S(=O)(=O)c4ccc(Cl)cc4)CCCC3)cn2)CC1. The Morgan fingerprint density at radius 1 is 1.12 bits per heavy atom. The van der Waals surface area contributed by atoms with E-state index in [1.807, 2.05) is 12.1 Å². The molecule has 1 aliphatic carbocycles. The highest BCUT2D eigenvalue weighted by molar-refractivity contribution is 7.93. The van der Waals surface area contributed by atoms with Crippen molar-refractivity contribution in [2.75, 3.05) is 18.0 Å². The van der Waals surface area contributed by atoms with Crippen molar-refractivity contribution in [2.24, 2.45) is 5.92 Å². The van der Waals surface area contributed by atoms with Crippen LogP contribution in [0.2, 0.25) is 5.02 Å². The molecule has 2 aliphatic rings. The number of benzene rings is 1. The number of hydrogen-bond donors (Lipinski definition) is 1. The molecule has 2 fully saturated rings. The summed E-state index contributed by atoms with van der Waals surface area (Å²) in [7, 11) is -3.84. The molecule has 172 valence electrons. The second-order valence-electron chi connectivity index (χ2n) is 9.04. The Labute approximate surface area is 195 Å². The second-order valence-corrected chi connectivity index (χ2v) is 11.7. The molecule has 1 aromatic carbocycles. The lowest BCUT2D eigenvalue weighted by molar-refractivity contribution is -0.123. The fourth-order valence-corrected chi connectivity index (χ4v) is 6.91. The van der Waals surface area contributed by atoms with Gasteiger partial charge in [0.25, 0.3) is 0 Å². The first kappa shape index (κ1) is 23.1. The van der Waals surface area contributed by atoms with Crippen LogP contribution in [0.4, 0.5) is 5.82 Å². The van der Waals surface area contributed by atoms with E-state index in [9.17, 15) is 13.2 Å². The number of piperidine rings is 1. The van der Waals surface area contributed by atoms with Crippen LogP contribution in [0.25, 0.3) is 0 Å². The molecule has 8 heteroatoms. The molecule has 0 unspecified atom stereocenters. The van der Waals surface area contributed by atoms with E-state index in [1.54, 1.807) is 18.3 Å². The van der Waals surface area contributed by atoms with Gasteiger partial charge in [-0.3, -0.25) is 4.79 Å². The number of nitrogens with zero attached hydrogens (tertiary/aromatic N) is 2. The molecule has 32 heavy (non-hydrogen) atoms. The van der Waals surface area contributed by atoms with Gasteiger partial charge < -0.3 is 10.2 Å². The fourth-order valence-electron chi connectivity index (χ4n) is 4.69. The van der Waals surface area contributed by atoms with Crippen LogP contribution in [-0.4, -0.2) is 37.1 Å². The molecule has 6 nitrogen and oxygen atoms in total. The van der Waals surface area contributed by atoms with E-state index < -0.39 is 20.5 Å². The van der Waals surface area contributed by atoms with Gasteiger partial charge in [0.1, 0.15) is 5.82 Å². The standard InChI is InChI=1S/C24H30ClN3O3S/c1-18-10-14-28(15-11-18)22-9-4-19(16-26-22)17-27-23(29)24(12-2-3-13-24)32(30,31)21-7-5-20(25)6-8-21/h4-9,16,18H,2-3,10-15,17H2,1H3,(H,27,29). The van der Waals surface area contributed by atoms with Crippen LogP contribution < -0.4 is 10.2 Å². The quantitative estimate of drug-likeness (QED) is 0.670. The van der Waals surface area contributed by atoms with Gasteiger partial charge in [-0.05, 0) is 67.5 Å². The molecule has 1 saturated carbocycles. The number of pyridine rings is 1. The summed E-state index contributed by atoms with van der Waals surface area (Å²) in [5, 5.41) is 3.34. The maximum Gasteiger partial charge on any atom is 0.242 e. The Morgan fingerprint density at radius 2 is 1.78 bits per heavy atom. The summed E-state index contributed by atoms with van der Waals surface area (Å²) in [6, 6.07) is 9.99. The molecule has 1 saturated heterocycles. The average Bonchev–Trinajstić information content (AvgIpc) is 3.31. The summed E-state index contributed by atoms with van der Waals surface area (Å²) in [5.41, 5.74) is 0.851. The van der Waals surface area contributed by atoms with Crippen LogP contribution in [0.15, 0.2) is 47.5 Å². The van der Waals surface area contributed by atoms with Crippen LogP contribution in [0.1, 0.15) is 51.0 Å². The van der Waals surface area contributed by atoms with Crippen LogP contribution in [0.3, 0.4) is 0 Å². The third kappa shape index (κ3) is 4.50. The number of aromatic nitrogens is 1. The van der Waals surface area contributed by atoms with Crippen molar-refractivity contribution in [1.29, 1.82) is 0 Å². The number of nitrogens with one attached hydrogen (secondary N) is 1. The first-order valence-corrected chi connectivity index (χ1v) is 13.2. The summed E-state index contributed by atoms with van der Waals surface area (Å²) in [6.45, 7) is 4.55. The van der Waals surface area contributed by atoms with Crippen LogP contribution in [-0.2, 0) is 21.2 Å². The topological polar surface area (TPSA) is 79.4 Å². The molecule has 0 spiro atoms. The predicted octanol–water partition coefficient (Wildman–Crippen LogP) is 4.37. The lowest BCUT2D eigenvalue weighted by atomic mass is 9.99. The minimum atomic E-state index is -3.84. The first-order chi connectivity index (χ1) is 15.3. The lowest BCUT2D eigenvalue weighted by Gasteiger charge is -2.31. The van der Waals surface area contributed by atoms with E-state index in [-0.39, 0.29) is 11.4 Å². The molecule has 2 heterocycles. The Morgan fingerprint density at radius 3 is 2.38 bits per heavy atom. The van der Waals surface area contributed by atoms with Crippen LogP contribution in [0, 0.1) is 5.92 Å². The Hall–Kier alpha value is -2.12. The summed E-state index contributed by atoms with van der Waals surface area (Å²) in [6.07, 6.45) is 6.19. The lowest BCUT2D eigenvalue weighted by Crippen LogP contribution is -2.50. The maximum atomic E-state index is 13.4. The van der Waals surface area contributed by atoms with Gasteiger partial charge >= 0.3 is 0 Å². The Bertz CT molecular complexity index is 1040. The number of hydrogen-bond acceptors (Lipinski definition) is 5. The van der Waals surface area contributed by atoms with E-state index in [0.717, 1.165) is 30.4 Å². The van der Waals surface area contributed by atoms with E-state index in [2.05, 4.69) is 22.1 Å². The minimum Gasteiger partial charge on any atom is -0.357 e. The van der Waals surface area contributed by atoms with E-state index in [4.69, 9.17) is 11.6 Å². The van der Waals surface area contributed by atoms with Crippen molar-refractivity contribution in [1.82, 2.24) is 10.3 Å². The number of sulfone groups is 1. The zero-order valence-corrected chi connectivity index (χ0v) is 20.0.